The number of hydrogen-bond acceptors (Lipinski definition) is 1. The molecule has 3 aliphatic rings. The molecule has 2 nitrogen and oxygen atoms in total. The molecule has 1 N–H and O–H groups in total. The third-order valence-electron chi connectivity index (χ3n) is 5.38. The molecule has 5 unspecified atom stereocenters. The lowest BCUT2D eigenvalue weighted by Crippen LogP contribution is -2.25. The molecule has 3 rings (SSSR count). The molecular weight excluding hydrogens is 200 g/mol. The fourth-order valence-electron chi connectivity index (χ4n) is 4.85. The van der Waals surface area contributed by atoms with Crippen LogP contribution in [0.1, 0.15) is 38.5 Å². The summed E-state index contributed by atoms with van der Waals surface area (Å²) in [6.07, 6.45) is 7.65. The quantitative estimate of drug-likeness (QED) is 0.742. The van der Waals surface area contributed by atoms with Crippen LogP contribution in [-0.4, -0.2) is 11.1 Å². The molecule has 0 aromatic heterocycles. The standard InChI is InChI=1S/C14H20O2/c1-8(14(15)16)5-9-6-10-7-13(9)12-4-2-3-11(10)12/h9-13H,1-7H2,(H,15,16). The monoisotopic (exact) mass is 220 g/mol. The van der Waals surface area contributed by atoms with E-state index in [1.54, 1.807) is 0 Å². The lowest BCUT2D eigenvalue weighted by molar-refractivity contribution is -0.132. The predicted octanol–water partition coefficient (Wildman–Crippen LogP) is 3.09. The molecule has 0 spiro atoms. The topological polar surface area (TPSA) is 37.3 Å². The molecule has 5 atom stereocenters. The predicted molar refractivity (Wildman–Crippen MR) is 61.9 cm³/mol. The van der Waals surface area contributed by atoms with E-state index in [-0.39, 0.29) is 0 Å². The minimum Gasteiger partial charge on any atom is -0.478 e. The van der Waals surface area contributed by atoms with Crippen molar-refractivity contribution in [3.63, 3.8) is 0 Å². The van der Waals surface area contributed by atoms with Gasteiger partial charge >= 0.3 is 5.97 Å². The van der Waals surface area contributed by atoms with E-state index in [2.05, 4.69) is 6.58 Å². The van der Waals surface area contributed by atoms with Crippen molar-refractivity contribution in [2.24, 2.45) is 29.6 Å². The Morgan fingerprint density at radius 1 is 1.19 bits per heavy atom. The number of carboxylic acids is 1. The summed E-state index contributed by atoms with van der Waals surface area (Å²) >= 11 is 0. The van der Waals surface area contributed by atoms with Crippen molar-refractivity contribution in [1.82, 2.24) is 0 Å². The summed E-state index contributed by atoms with van der Waals surface area (Å²) in [7, 11) is 0. The summed E-state index contributed by atoms with van der Waals surface area (Å²) in [6, 6.07) is 0. The number of hydrogen-bond donors (Lipinski definition) is 1. The molecule has 3 saturated carbocycles. The summed E-state index contributed by atoms with van der Waals surface area (Å²) in [5, 5.41) is 8.90. The average molecular weight is 220 g/mol. The van der Waals surface area contributed by atoms with Gasteiger partial charge in [0.05, 0.1) is 0 Å². The van der Waals surface area contributed by atoms with Gasteiger partial charge in [0.2, 0.25) is 0 Å². The molecule has 0 amide bonds. The molecular formula is C14H20O2. The van der Waals surface area contributed by atoms with E-state index >= 15 is 0 Å². The second-order valence-electron chi connectivity index (χ2n) is 6.03. The van der Waals surface area contributed by atoms with Crippen molar-refractivity contribution >= 4 is 5.97 Å². The zero-order valence-electron chi connectivity index (χ0n) is 9.69. The van der Waals surface area contributed by atoms with E-state index in [1.807, 2.05) is 0 Å². The maximum absolute atomic E-state index is 10.8. The van der Waals surface area contributed by atoms with Crippen LogP contribution in [0.3, 0.4) is 0 Å². The molecule has 0 radical (unpaired) electrons. The van der Waals surface area contributed by atoms with Crippen LogP contribution < -0.4 is 0 Å². The summed E-state index contributed by atoms with van der Waals surface area (Å²) in [6.45, 7) is 3.69. The SMILES string of the molecule is C=C(CC1CC2CC1C1CCCC21)C(=O)O. The zero-order chi connectivity index (χ0) is 11.3. The summed E-state index contributed by atoms with van der Waals surface area (Å²) in [5.74, 6) is 3.51. The maximum Gasteiger partial charge on any atom is 0.330 e. The van der Waals surface area contributed by atoms with Crippen molar-refractivity contribution in [3.8, 4) is 0 Å². The first-order valence-corrected chi connectivity index (χ1v) is 6.58. The first-order chi connectivity index (χ1) is 7.66. The Bertz CT molecular complexity index is 334. The molecule has 3 fully saturated rings. The van der Waals surface area contributed by atoms with Gasteiger partial charge in [-0.25, -0.2) is 4.79 Å². The van der Waals surface area contributed by atoms with Gasteiger partial charge in [0.25, 0.3) is 0 Å². The molecule has 0 aromatic rings. The third kappa shape index (κ3) is 1.42. The average Bonchev–Trinajstić information content (AvgIpc) is 2.87. The highest BCUT2D eigenvalue weighted by Gasteiger charge is 2.53. The Hall–Kier alpha value is -0.790. The van der Waals surface area contributed by atoms with Gasteiger partial charge in [0, 0.05) is 5.57 Å². The maximum atomic E-state index is 10.8. The molecule has 0 aromatic carbocycles. The highest BCUT2D eigenvalue weighted by atomic mass is 16.4. The fourth-order valence-corrected chi connectivity index (χ4v) is 4.85. The first-order valence-electron chi connectivity index (χ1n) is 6.58. The lowest BCUT2D eigenvalue weighted by atomic mass is 9.74. The van der Waals surface area contributed by atoms with Gasteiger partial charge in [0.1, 0.15) is 0 Å². The number of fused-ring (bicyclic) bond motifs is 5. The van der Waals surface area contributed by atoms with Crippen molar-refractivity contribution in [3.05, 3.63) is 12.2 Å². The smallest absolute Gasteiger partial charge is 0.330 e. The fraction of sp³-hybridized carbons (Fsp3) is 0.786. The van der Waals surface area contributed by atoms with Crippen LogP contribution in [0, 0.1) is 29.6 Å². The minimum atomic E-state index is -0.800. The highest BCUT2D eigenvalue weighted by molar-refractivity contribution is 5.85. The summed E-state index contributed by atoms with van der Waals surface area (Å²) in [4.78, 5) is 10.8. The molecule has 0 heterocycles. The Morgan fingerprint density at radius 2 is 1.94 bits per heavy atom. The lowest BCUT2D eigenvalue weighted by Gasteiger charge is -2.31. The zero-order valence-corrected chi connectivity index (χ0v) is 9.69. The van der Waals surface area contributed by atoms with Crippen LogP contribution in [0.2, 0.25) is 0 Å². The molecule has 2 heteroatoms. The van der Waals surface area contributed by atoms with Crippen molar-refractivity contribution in [2.45, 2.75) is 38.5 Å². The molecule has 0 aliphatic heterocycles. The van der Waals surface area contributed by atoms with E-state index in [4.69, 9.17) is 5.11 Å². The Morgan fingerprint density at radius 3 is 2.69 bits per heavy atom. The Kier molecular flexibility index (Phi) is 2.34. The minimum absolute atomic E-state index is 0.423. The normalized spacial score (nSPS) is 44.6. The van der Waals surface area contributed by atoms with E-state index in [9.17, 15) is 4.79 Å². The number of carboxylic acid groups (broad SMARTS) is 1. The van der Waals surface area contributed by atoms with Crippen molar-refractivity contribution in [2.75, 3.05) is 0 Å². The summed E-state index contributed by atoms with van der Waals surface area (Å²) < 4.78 is 0. The molecule has 0 saturated heterocycles. The second kappa shape index (κ2) is 3.61. The first kappa shape index (κ1) is 10.4. The van der Waals surface area contributed by atoms with Gasteiger partial charge in [-0.05, 0) is 61.7 Å². The van der Waals surface area contributed by atoms with Crippen molar-refractivity contribution < 1.29 is 9.90 Å². The van der Waals surface area contributed by atoms with Crippen LogP contribution in [0.25, 0.3) is 0 Å². The largest absolute Gasteiger partial charge is 0.478 e. The van der Waals surface area contributed by atoms with Gasteiger partial charge in [-0.2, -0.15) is 0 Å². The van der Waals surface area contributed by atoms with E-state index in [1.165, 1.54) is 32.1 Å². The third-order valence-corrected chi connectivity index (χ3v) is 5.38. The van der Waals surface area contributed by atoms with Gasteiger partial charge in [0.15, 0.2) is 0 Å². The van der Waals surface area contributed by atoms with Gasteiger partial charge < -0.3 is 5.11 Å². The molecule has 16 heavy (non-hydrogen) atoms. The Balaban J connectivity index is 1.68. The Labute approximate surface area is 96.7 Å². The number of carbonyl (C=O) groups is 1. The number of rotatable bonds is 3. The second-order valence-corrected chi connectivity index (χ2v) is 6.03. The molecule has 3 aliphatic carbocycles. The molecule has 88 valence electrons. The van der Waals surface area contributed by atoms with E-state index in [0.29, 0.717) is 11.5 Å². The van der Waals surface area contributed by atoms with Crippen LogP contribution in [0.5, 0.6) is 0 Å². The van der Waals surface area contributed by atoms with Crippen LogP contribution in [-0.2, 0) is 4.79 Å². The highest BCUT2D eigenvalue weighted by Crippen LogP contribution is 2.61. The van der Waals surface area contributed by atoms with E-state index < -0.39 is 5.97 Å². The summed E-state index contributed by atoms with van der Waals surface area (Å²) in [5.41, 5.74) is 0.423. The van der Waals surface area contributed by atoms with Gasteiger partial charge in [-0.1, -0.05) is 13.0 Å². The van der Waals surface area contributed by atoms with Gasteiger partial charge in [-0.15, -0.1) is 0 Å². The van der Waals surface area contributed by atoms with Crippen molar-refractivity contribution in [1.29, 1.82) is 0 Å². The van der Waals surface area contributed by atoms with Gasteiger partial charge in [-0.3, -0.25) is 0 Å². The number of aliphatic carboxylic acids is 1. The van der Waals surface area contributed by atoms with Crippen LogP contribution in [0.15, 0.2) is 12.2 Å². The van der Waals surface area contributed by atoms with Crippen LogP contribution >= 0.6 is 0 Å². The van der Waals surface area contributed by atoms with E-state index in [0.717, 1.165) is 30.1 Å². The van der Waals surface area contributed by atoms with Crippen LogP contribution in [0.4, 0.5) is 0 Å². The molecule has 2 bridgehead atoms.